The van der Waals surface area contributed by atoms with E-state index in [4.69, 9.17) is 15.7 Å². The van der Waals surface area contributed by atoms with Gasteiger partial charge in [-0.2, -0.15) is 5.26 Å². The van der Waals surface area contributed by atoms with Gasteiger partial charge in [0.25, 0.3) is 0 Å². The van der Waals surface area contributed by atoms with Gasteiger partial charge >= 0.3 is 0 Å². The number of aliphatic imine (C=N–C) groups is 1. The Labute approximate surface area is 135 Å². The molecule has 3 N–H and O–H groups in total. The van der Waals surface area contributed by atoms with Crippen molar-refractivity contribution in [3.8, 4) is 6.07 Å². The Morgan fingerprint density at radius 3 is 2.96 bits per heavy atom. The van der Waals surface area contributed by atoms with E-state index in [1.807, 2.05) is 6.07 Å². The minimum atomic E-state index is -0.382. The van der Waals surface area contributed by atoms with Gasteiger partial charge in [-0.05, 0) is 31.2 Å². The molecule has 0 saturated carbocycles. The van der Waals surface area contributed by atoms with E-state index in [1.54, 1.807) is 0 Å². The van der Waals surface area contributed by atoms with E-state index in [0.717, 1.165) is 39.3 Å². The summed E-state index contributed by atoms with van der Waals surface area (Å²) in [4.78, 5) is 6.46. The molecule has 1 saturated heterocycles. The first-order valence-electron chi connectivity index (χ1n) is 7.71. The van der Waals surface area contributed by atoms with Crippen LogP contribution in [-0.2, 0) is 11.3 Å². The SMILES string of the molecule is N#Cc1ccc(F)c(CN=C(N)NCCCN2CCOCC2)c1. The number of nitrogens with zero attached hydrogens (tertiary/aromatic N) is 3. The molecule has 6 nitrogen and oxygen atoms in total. The Kier molecular flexibility index (Phi) is 6.78. The predicted octanol–water partition coefficient (Wildman–Crippen LogP) is 0.824. The van der Waals surface area contributed by atoms with Gasteiger partial charge in [0, 0.05) is 25.2 Å². The zero-order valence-corrected chi connectivity index (χ0v) is 13.1. The van der Waals surface area contributed by atoms with Crippen LogP contribution < -0.4 is 11.1 Å². The summed E-state index contributed by atoms with van der Waals surface area (Å²) >= 11 is 0. The van der Waals surface area contributed by atoms with Crippen molar-refractivity contribution in [3.63, 3.8) is 0 Å². The number of hydrogen-bond acceptors (Lipinski definition) is 4. The number of benzene rings is 1. The largest absolute Gasteiger partial charge is 0.379 e. The Morgan fingerprint density at radius 1 is 1.43 bits per heavy atom. The molecule has 1 aromatic carbocycles. The zero-order chi connectivity index (χ0) is 16.5. The Hall–Kier alpha value is -2.17. The maximum absolute atomic E-state index is 13.6. The first kappa shape index (κ1) is 17.2. The molecular formula is C16H22FN5O. The van der Waals surface area contributed by atoms with Gasteiger partial charge in [-0.25, -0.2) is 9.38 Å². The first-order valence-corrected chi connectivity index (χ1v) is 7.71. The lowest BCUT2D eigenvalue weighted by atomic mass is 10.1. The molecule has 2 rings (SSSR count). The molecule has 0 atom stereocenters. The highest BCUT2D eigenvalue weighted by molar-refractivity contribution is 5.77. The molecule has 0 radical (unpaired) electrons. The average Bonchev–Trinajstić information content (AvgIpc) is 2.59. The Balaban J connectivity index is 1.71. The Morgan fingerprint density at radius 2 is 2.22 bits per heavy atom. The highest BCUT2D eigenvalue weighted by Gasteiger charge is 2.09. The van der Waals surface area contributed by atoms with Crippen LogP contribution in [0.4, 0.5) is 4.39 Å². The topological polar surface area (TPSA) is 86.7 Å². The lowest BCUT2D eigenvalue weighted by molar-refractivity contribution is 0.0376. The highest BCUT2D eigenvalue weighted by Crippen LogP contribution is 2.11. The van der Waals surface area contributed by atoms with Crippen LogP contribution in [-0.4, -0.2) is 50.3 Å². The maximum atomic E-state index is 13.6. The molecule has 7 heteroatoms. The summed E-state index contributed by atoms with van der Waals surface area (Å²) in [5.41, 5.74) is 6.55. The zero-order valence-electron chi connectivity index (χ0n) is 13.1. The number of nitrogens with two attached hydrogens (primary N) is 1. The first-order chi connectivity index (χ1) is 11.2. The molecule has 0 bridgehead atoms. The lowest BCUT2D eigenvalue weighted by Gasteiger charge is -2.26. The van der Waals surface area contributed by atoms with Gasteiger partial charge in [0.2, 0.25) is 0 Å². The van der Waals surface area contributed by atoms with E-state index in [1.165, 1.54) is 18.2 Å². The van der Waals surface area contributed by atoms with Gasteiger partial charge in [0.1, 0.15) is 5.82 Å². The maximum Gasteiger partial charge on any atom is 0.188 e. The summed E-state index contributed by atoms with van der Waals surface area (Å²) in [6.45, 7) is 5.35. The number of rotatable bonds is 6. The molecule has 0 aromatic heterocycles. The number of nitrogens with one attached hydrogen (secondary N) is 1. The number of hydrogen-bond donors (Lipinski definition) is 2. The van der Waals surface area contributed by atoms with Crippen molar-refractivity contribution in [1.29, 1.82) is 5.26 Å². The number of guanidine groups is 1. The van der Waals surface area contributed by atoms with E-state index in [9.17, 15) is 4.39 Å². The molecule has 0 unspecified atom stereocenters. The van der Waals surface area contributed by atoms with E-state index >= 15 is 0 Å². The summed E-state index contributed by atoms with van der Waals surface area (Å²) in [5.74, 6) is -0.0957. The van der Waals surface area contributed by atoms with Crippen molar-refractivity contribution in [2.24, 2.45) is 10.7 Å². The number of morpholine rings is 1. The second kappa shape index (κ2) is 9.08. The molecule has 1 fully saturated rings. The monoisotopic (exact) mass is 319 g/mol. The van der Waals surface area contributed by atoms with Gasteiger partial charge in [-0.15, -0.1) is 0 Å². The summed E-state index contributed by atoms with van der Waals surface area (Å²) in [5, 5.41) is 11.8. The van der Waals surface area contributed by atoms with Crippen molar-refractivity contribution in [2.75, 3.05) is 39.4 Å². The van der Waals surface area contributed by atoms with Crippen molar-refractivity contribution >= 4 is 5.96 Å². The summed E-state index contributed by atoms with van der Waals surface area (Å²) in [6, 6.07) is 6.18. The number of halogens is 1. The minimum Gasteiger partial charge on any atom is -0.379 e. The average molecular weight is 319 g/mol. The number of nitriles is 1. The van der Waals surface area contributed by atoms with Gasteiger partial charge in [-0.1, -0.05) is 0 Å². The fourth-order valence-corrected chi connectivity index (χ4v) is 2.34. The van der Waals surface area contributed by atoms with Crippen LogP contribution >= 0.6 is 0 Å². The van der Waals surface area contributed by atoms with E-state index in [0.29, 0.717) is 17.7 Å². The fourth-order valence-electron chi connectivity index (χ4n) is 2.34. The normalized spacial score (nSPS) is 16.1. The van der Waals surface area contributed by atoms with Crippen LogP contribution in [0, 0.1) is 17.1 Å². The molecule has 1 aliphatic heterocycles. The molecule has 124 valence electrons. The third kappa shape index (κ3) is 5.85. The minimum absolute atomic E-state index is 0.115. The van der Waals surface area contributed by atoms with E-state index < -0.39 is 0 Å². The van der Waals surface area contributed by atoms with E-state index in [2.05, 4.69) is 15.2 Å². The van der Waals surface area contributed by atoms with Crippen LogP contribution in [0.3, 0.4) is 0 Å². The Bertz CT molecular complexity index is 578. The highest BCUT2D eigenvalue weighted by atomic mass is 19.1. The van der Waals surface area contributed by atoms with Crippen LogP contribution in [0.2, 0.25) is 0 Å². The second-order valence-corrected chi connectivity index (χ2v) is 5.35. The van der Waals surface area contributed by atoms with Gasteiger partial charge < -0.3 is 15.8 Å². The molecule has 1 heterocycles. The molecule has 1 aromatic rings. The quantitative estimate of drug-likeness (QED) is 0.461. The summed E-state index contributed by atoms with van der Waals surface area (Å²) < 4.78 is 18.9. The van der Waals surface area contributed by atoms with Gasteiger partial charge in [-0.3, -0.25) is 4.90 Å². The molecule has 0 spiro atoms. The van der Waals surface area contributed by atoms with Crippen molar-refractivity contribution in [1.82, 2.24) is 10.2 Å². The second-order valence-electron chi connectivity index (χ2n) is 5.35. The van der Waals surface area contributed by atoms with Crippen LogP contribution in [0.25, 0.3) is 0 Å². The molecule has 23 heavy (non-hydrogen) atoms. The third-order valence-corrected chi connectivity index (χ3v) is 3.66. The smallest absolute Gasteiger partial charge is 0.188 e. The van der Waals surface area contributed by atoms with E-state index in [-0.39, 0.29) is 18.3 Å². The predicted molar refractivity (Wildman–Crippen MR) is 86.3 cm³/mol. The number of ether oxygens (including phenoxy) is 1. The van der Waals surface area contributed by atoms with Crippen LogP contribution in [0.5, 0.6) is 0 Å². The third-order valence-electron chi connectivity index (χ3n) is 3.66. The van der Waals surface area contributed by atoms with Gasteiger partial charge in [0.15, 0.2) is 5.96 Å². The van der Waals surface area contributed by atoms with Gasteiger partial charge in [0.05, 0.1) is 31.4 Å². The summed E-state index contributed by atoms with van der Waals surface area (Å²) in [7, 11) is 0. The molecule has 1 aliphatic rings. The van der Waals surface area contributed by atoms with Crippen LogP contribution in [0.15, 0.2) is 23.2 Å². The lowest BCUT2D eigenvalue weighted by Crippen LogP contribution is -2.39. The van der Waals surface area contributed by atoms with Crippen LogP contribution in [0.1, 0.15) is 17.5 Å². The molecular weight excluding hydrogens is 297 g/mol. The molecule has 0 amide bonds. The molecule has 0 aliphatic carbocycles. The standard InChI is InChI=1S/C16H22FN5O/c17-15-3-2-13(11-18)10-14(15)12-21-16(19)20-4-1-5-22-6-8-23-9-7-22/h2-3,10H,1,4-9,12H2,(H3,19,20,21). The summed E-state index contributed by atoms with van der Waals surface area (Å²) in [6.07, 6.45) is 0.953. The van der Waals surface area contributed by atoms with Crippen molar-refractivity contribution in [2.45, 2.75) is 13.0 Å². The van der Waals surface area contributed by atoms with Crippen molar-refractivity contribution in [3.05, 3.63) is 35.1 Å². The van der Waals surface area contributed by atoms with Crippen molar-refractivity contribution < 1.29 is 9.13 Å². The fraction of sp³-hybridized carbons (Fsp3) is 0.500.